The van der Waals surface area contributed by atoms with Gasteiger partial charge in [-0.2, -0.15) is 0 Å². The number of benzene rings is 1. The monoisotopic (exact) mass is 334 g/mol. The summed E-state index contributed by atoms with van der Waals surface area (Å²) in [5.74, 6) is 0.251. The van der Waals surface area contributed by atoms with Crippen LogP contribution in [0.25, 0.3) is 0 Å². The van der Waals surface area contributed by atoms with E-state index in [1.165, 1.54) is 0 Å². The summed E-state index contributed by atoms with van der Waals surface area (Å²) in [5, 5.41) is 10.6. The van der Waals surface area contributed by atoms with Crippen LogP contribution in [0.3, 0.4) is 0 Å². The Morgan fingerprint density at radius 1 is 1.09 bits per heavy atom. The Morgan fingerprint density at radius 3 is 1.78 bits per heavy atom. The van der Waals surface area contributed by atoms with E-state index in [1.807, 2.05) is 41.5 Å². The third-order valence-electron chi connectivity index (χ3n) is 3.49. The molecule has 126 valence electrons. The van der Waals surface area contributed by atoms with Gasteiger partial charge in [-0.3, -0.25) is 0 Å². The van der Waals surface area contributed by atoms with E-state index in [9.17, 15) is 14.6 Å². The average Bonchev–Trinajstić information content (AvgIpc) is 2.27. The van der Waals surface area contributed by atoms with Gasteiger partial charge in [0.15, 0.2) is 0 Å². The first kappa shape index (κ1) is 22.8. The molecule has 0 saturated heterocycles. The van der Waals surface area contributed by atoms with E-state index in [0.29, 0.717) is 5.56 Å². The summed E-state index contributed by atoms with van der Waals surface area (Å²) < 4.78 is 16.8. The van der Waals surface area contributed by atoms with Gasteiger partial charge in [0, 0.05) is 6.16 Å². The van der Waals surface area contributed by atoms with Crippen LogP contribution in [0.2, 0.25) is 0 Å². The van der Waals surface area contributed by atoms with E-state index in [2.05, 4.69) is 0 Å². The summed E-state index contributed by atoms with van der Waals surface area (Å²) >= 11 is 0. The maximum atomic E-state index is 11.9. The van der Waals surface area contributed by atoms with Gasteiger partial charge in [-0.25, -0.2) is 0 Å². The van der Waals surface area contributed by atoms with Crippen LogP contribution in [0.5, 0.6) is 5.75 Å². The van der Waals surface area contributed by atoms with Crippen molar-refractivity contribution in [2.24, 2.45) is 0 Å². The van der Waals surface area contributed by atoms with Crippen LogP contribution in [-0.2, 0) is 26.1 Å². The van der Waals surface area contributed by atoms with Gasteiger partial charge in [0.25, 0.3) is 0 Å². The molecule has 0 heterocycles. The van der Waals surface area contributed by atoms with E-state index in [0.717, 1.165) is 11.1 Å². The van der Waals surface area contributed by atoms with Gasteiger partial charge >= 0.3 is 18.9 Å². The predicted octanol–water partition coefficient (Wildman–Crippen LogP) is 1.08. The second-order valence-corrected chi connectivity index (χ2v) is 9.52. The average molecular weight is 334 g/mol. The molecule has 1 rings (SSSR count). The number of phenols is 1. The molecule has 0 fully saturated rings. The second-order valence-electron chi connectivity index (χ2n) is 7.73. The topological polar surface area (TPSA) is 69.6 Å². The van der Waals surface area contributed by atoms with Crippen molar-refractivity contribution < 1.29 is 37.9 Å². The number of aromatic hydroxyl groups is 1. The van der Waals surface area contributed by atoms with Crippen molar-refractivity contribution in [1.82, 2.24) is 0 Å². The molecule has 0 bridgehead atoms. The Bertz CT molecular complexity index is 550. The molecule has 0 radical (unpaired) electrons. The van der Waals surface area contributed by atoms with Crippen molar-refractivity contribution >= 4 is 7.60 Å². The van der Waals surface area contributed by atoms with Gasteiger partial charge in [-0.05, 0) is 34.4 Å². The minimum Gasteiger partial charge on any atom is -0.778 e. The van der Waals surface area contributed by atoms with Crippen LogP contribution in [0.4, 0.5) is 0 Å². The standard InChI is InChI=1S/C17H29O4P.Li/c1-8-21-22(19,20)11-12-9-13(16(2,3)4)15(18)14(10-12)17(5,6)7;/h9-10,18H,8,11H2,1-7H3,(H,19,20);/q;+1/p-1. The van der Waals surface area contributed by atoms with Gasteiger partial charge in [0.2, 0.25) is 0 Å². The second kappa shape index (κ2) is 7.77. The van der Waals surface area contributed by atoms with E-state index in [-0.39, 0.29) is 48.2 Å². The quantitative estimate of drug-likeness (QED) is 0.661. The smallest absolute Gasteiger partial charge is 0.778 e. The fraction of sp³-hybridized carbons (Fsp3) is 0.647. The Balaban J connectivity index is 0.00000484. The van der Waals surface area contributed by atoms with E-state index < -0.39 is 7.60 Å². The van der Waals surface area contributed by atoms with Crippen molar-refractivity contribution in [3.8, 4) is 5.75 Å². The van der Waals surface area contributed by atoms with Crippen LogP contribution in [-0.4, -0.2) is 11.7 Å². The molecular weight excluding hydrogens is 306 g/mol. The fourth-order valence-electron chi connectivity index (χ4n) is 2.39. The first-order valence-electron chi connectivity index (χ1n) is 7.59. The van der Waals surface area contributed by atoms with E-state index in [4.69, 9.17) is 4.52 Å². The van der Waals surface area contributed by atoms with Gasteiger partial charge < -0.3 is 19.1 Å². The molecule has 0 aliphatic heterocycles. The van der Waals surface area contributed by atoms with Gasteiger partial charge in [-0.15, -0.1) is 0 Å². The SMILES string of the molecule is CCOP(=O)([O-])Cc1cc(C(C)(C)C)c(O)c(C(C)(C)C)c1.[Li+]. The molecule has 6 heteroatoms. The van der Waals surface area contributed by atoms with Crippen molar-refractivity contribution in [2.45, 2.75) is 65.5 Å². The normalized spacial score (nSPS) is 15.0. The Kier molecular flexibility index (Phi) is 7.69. The molecule has 1 atom stereocenters. The zero-order valence-corrected chi connectivity index (χ0v) is 16.6. The molecule has 0 amide bonds. The maximum absolute atomic E-state index is 11.9. The zero-order chi connectivity index (χ0) is 17.3. The summed E-state index contributed by atoms with van der Waals surface area (Å²) in [6.45, 7) is 13.8. The Morgan fingerprint density at radius 2 is 1.48 bits per heavy atom. The van der Waals surface area contributed by atoms with Crippen molar-refractivity contribution in [3.05, 3.63) is 28.8 Å². The molecule has 1 unspecified atom stereocenters. The number of phenolic OH excluding ortho intramolecular Hbond substituents is 1. The van der Waals surface area contributed by atoms with Gasteiger partial charge in [0.05, 0.1) is 6.61 Å². The van der Waals surface area contributed by atoms with Crippen LogP contribution in [0.15, 0.2) is 12.1 Å². The van der Waals surface area contributed by atoms with Crippen molar-refractivity contribution in [1.29, 1.82) is 0 Å². The molecular formula is C17H28LiO4P. The third kappa shape index (κ3) is 6.29. The minimum atomic E-state index is -3.91. The summed E-state index contributed by atoms with van der Waals surface area (Å²) in [6.07, 6.45) is -0.159. The molecule has 4 nitrogen and oxygen atoms in total. The van der Waals surface area contributed by atoms with Gasteiger partial charge in [-0.1, -0.05) is 53.7 Å². The van der Waals surface area contributed by atoms with Crippen LogP contribution in [0, 0.1) is 0 Å². The van der Waals surface area contributed by atoms with Crippen LogP contribution in [0.1, 0.15) is 65.2 Å². The zero-order valence-electron chi connectivity index (χ0n) is 15.7. The summed E-state index contributed by atoms with van der Waals surface area (Å²) in [5.41, 5.74) is 1.61. The molecule has 0 spiro atoms. The number of hydrogen-bond acceptors (Lipinski definition) is 4. The molecule has 1 aromatic carbocycles. The van der Waals surface area contributed by atoms with E-state index in [1.54, 1.807) is 19.1 Å². The first-order chi connectivity index (χ1) is 9.78. The molecule has 23 heavy (non-hydrogen) atoms. The summed E-state index contributed by atoms with van der Waals surface area (Å²) in [7, 11) is -3.91. The summed E-state index contributed by atoms with van der Waals surface area (Å²) in [6, 6.07) is 3.54. The van der Waals surface area contributed by atoms with Crippen molar-refractivity contribution in [3.63, 3.8) is 0 Å². The van der Waals surface area contributed by atoms with Gasteiger partial charge in [0.1, 0.15) is 13.3 Å². The molecule has 0 aliphatic rings. The first-order valence-corrected chi connectivity index (χ1v) is 9.32. The molecule has 0 aliphatic carbocycles. The number of hydrogen-bond donors (Lipinski definition) is 1. The maximum Gasteiger partial charge on any atom is 1.00 e. The molecule has 0 saturated carbocycles. The van der Waals surface area contributed by atoms with E-state index >= 15 is 0 Å². The Hall–Kier alpha value is -0.233. The molecule has 1 N–H and O–H groups in total. The molecule has 0 aromatic heterocycles. The summed E-state index contributed by atoms with van der Waals surface area (Å²) in [4.78, 5) is 11.9. The van der Waals surface area contributed by atoms with Crippen LogP contribution >= 0.6 is 7.60 Å². The predicted molar refractivity (Wildman–Crippen MR) is 88.4 cm³/mol. The minimum absolute atomic E-state index is 0. The fourth-order valence-corrected chi connectivity index (χ4v) is 3.51. The molecule has 1 aromatic rings. The van der Waals surface area contributed by atoms with Crippen molar-refractivity contribution in [2.75, 3.05) is 6.61 Å². The van der Waals surface area contributed by atoms with Crippen LogP contribution < -0.4 is 23.8 Å². The Labute approximate surface area is 152 Å². The number of rotatable bonds is 4. The largest absolute Gasteiger partial charge is 1.00 e. The third-order valence-corrected chi connectivity index (χ3v) is 4.89.